The predicted molar refractivity (Wildman–Crippen MR) is 109 cm³/mol. The summed E-state index contributed by atoms with van der Waals surface area (Å²) in [5.74, 6) is 0.190. The Morgan fingerprint density at radius 1 is 1.20 bits per heavy atom. The highest BCUT2D eigenvalue weighted by atomic mass is 127. The molecule has 0 atom stereocenters. The van der Waals surface area contributed by atoms with E-state index in [0.29, 0.717) is 31.8 Å². The molecule has 2 N–H and O–H groups in total. The van der Waals surface area contributed by atoms with Gasteiger partial charge in [0.1, 0.15) is 6.54 Å². The lowest BCUT2D eigenvalue weighted by Crippen LogP contribution is -2.46. The number of nitrogens with zero attached hydrogens (tertiary/aromatic N) is 2. The van der Waals surface area contributed by atoms with E-state index in [9.17, 15) is 4.79 Å². The second-order valence-electron chi connectivity index (χ2n) is 6.94. The van der Waals surface area contributed by atoms with Crippen molar-refractivity contribution in [2.24, 2.45) is 4.99 Å². The van der Waals surface area contributed by atoms with Crippen molar-refractivity contribution in [3.8, 4) is 0 Å². The topological polar surface area (TPSA) is 75.2 Å². The molecular formula is C17H33IN4O3. The zero-order valence-corrected chi connectivity index (χ0v) is 18.0. The molecule has 0 spiro atoms. The second-order valence-corrected chi connectivity index (χ2v) is 6.94. The number of ether oxygens (including phenoxy) is 2. The van der Waals surface area contributed by atoms with Crippen LogP contribution in [0.15, 0.2) is 4.99 Å². The number of hydrogen-bond acceptors (Lipinski definition) is 4. The molecular weight excluding hydrogens is 435 g/mol. The van der Waals surface area contributed by atoms with Crippen LogP contribution in [0.5, 0.6) is 0 Å². The summed E-state index contributed by atoms with van der Waals surface area (Å²) in [6.45, 7) is 4.09. The number of nitrogens with one attached hydrogen (secondary N) is 2. The molecule has 0 aromatic heterocycles. The molecule has 7 nitrogen and oxygen atoms in total. The van der Waals surface area contributed by atoms with Gasteiger partial charge in [-0.05, 0) is 19.8 Å². The zero-order chi connectivity index (χ0) is 17.4. The summed E-state index contributed by atoms with van der Waals surface area (Å²) in [5, 5.41) is 6.80. The van der Waals surface area contributed by atoms with Gasteiger partial charge in [0.15, 0.2) is 11.7 Å². The van der Waals surface area contributed by atoms with E-state index in [1.807, 2.05) is 6.92 Å². The molecule has 2 aliphatic rings. The van der Waals surface area contributed by atoms with E-state index in [0.717, 1.165) is 19.3 Å². The van der Waals surface area contributed by atoms with E-state index in [-0.39, 0.29) is 36.4 Å². The van der Waals surface area contributed by atoms with Crippen LogP contribution in [-0.2, 0) is 14.3 Å². The fourth-order valence-electron chi connectivity index (χ4n) is 2.99. The van der Waals surface area contributed by atoms with E-state index in [2.05, 4.69) is 15.6 Å². The molecule has 146 valence electrons. The quantitative estimate of drug-likeness (QED) is 0.353. The Balaban J connectivity index is 0.00000312. The van der Waals surface area contributed by atoms with Gasteiger partial charge in [0.05, 0.1) is 13.2 Å². The molecule has 2 rings (SSSR count). The second kappa shape index (κ2) is 11.2. The molecule has 0 unspecified atom stereocenters. The number of hydrogen-bond donors (Lipinski definition) is 2. The number of carbonyl (C=O) groups is 1. The maximum absolute atomic E-state index is 11.8. The van der Waals surface area contributed by atoms with Gasteiger partial charge in [0.25, 0.3) is 0 Å². The summed E-state index contributed by atoms with van der Waals surface area (Å²) >= 11 is 0. The van der Waals surface area contributed by atoms with Crippen molar-refractivity contribution in [1.82, 2.24) is 15.5 Å². The molecule has 1 saturated carbocycles. The summed E-state index contributed by atoms with van der Waals surface area (Å²) in [4.78, 5) is 17.8. The summed E-state index contributed by atoms with van der Waals surface area (Å²) in [6, 6.07) is 0.439. The average Bonchev–Trinajstić information content (AvgIpc) is 2.99. The van der Waals surface area contributed by atoms with Crippen molar-refractivity contribution < 1.29 is 14.3 Å². The number of rotatable bonds is 6. The van der Waals surface area contributed by atoms with E-state index in [4.69, 9.17) is 9.47 Å². The summed E-state index contributed by atoms with van der Waals surface area (Å²) in [5.41, 5.74) is 0. The molecule has 8 heteroatoms. The van der Waals surface area contributed by atoms with E-state index < -0.39 is 5.79 Å². The van der Waals surface area contributed by atoms with Gasteiger partial charge in [-0.2, -0.15) is 0 Å². The van der Waals surface area contributed by atoms with Gasteiger partial charge < -0.3 is 25.0 Å². The van der Waals surface area contributed by atoms with Gasteiger partial charge in [-0.25, -0.2) is 4.99 Å². The van der Waals surface area contributed by atoms with Crippen LogP contribution in [0.25, 0.3) is 0 Å². The van der Waals surface area contributed by atoms with Gasteiger partial charge in [-0.1, -0.05) is 19.3 Å². The normalized spacial score (nSPS) is 20.7. The Labute approximate surface area is 168 Å². The van der Waals surface area contributed by atoms with Crippen molar-refractivity contribution in [3.05, 3.63) is 0 Å². The first kappa shape index (κ1) is 22.4. The minimum Gasteiger partial charge on any atom is -0.356 e. The lowest BCUT2D eigenvalue weighted by Gasteiger charge is -2.26. The zero-order valence-electron chi connectivity index (χ0n) is 15.7. The molecule has 2 fully saturated rings. The Morgan fingerprint density at radius 2 is 1.84 bits per heavy atom. The molecule has 0 radical (unpaired) electrons. The number of aliphatic imine (C=N–C) groups is 1. The number of carbonyl (C=O) groups excluding carboxylic acids is 1. The van der Waals surface area contributed by atoms with Crippen LogP contribution >= 0.6 is 24.0 Å². The molecule has 0 aromatic rings. The molecule has 0 aromatic carbocycles. The monoisotopic (exact) mass is 468 g/mol. The highest BCUT2D eigenvalue weighted by Crippen LogP contribution is 2.21. The maximum Gasteiger partial charge on any atom is 0.243 e. The highest BCUT2D eigenvalue weighted by Gasteiger charge is 2.30. The third kappa shape index (κ3) is 8.08. The van der Waals surface area contributed by atoms with Gasteiger partial charge in [-0.15, -0.1) is 24.0 Å². The number of halogens is 1. The minimum atomic E-state index is -0.512. The highest BCUT2D eigenvalue weighted by molar-refractivity contribution is 14.0. The molecule has 1 aliphatic carbocycles. The third-order valence-electron chi connectivity index (χ3n) is 4.59. The van der Waals surface area contributed by atoms with Crippen LogP contribution in [0.3, 0.4) is 0 Å². The van der Waals surface area contributed by atoms with Gasteiger partial charge >= 0.3 is 0 Å². The third-order valence-corrected chi connectivity index (χ3v) is 4.59. The maximum atomic E-state index is 11.8. The van der Waals surface area contributed by atoms with Crippen LogP contribution < -0.4 is 10.6 Å². The molecule has 25 heavy (non-hydrogen) atoms. The summed E-state index contributed by atoms with van der Waals surface area (Å²) in [7, 11) is 3.49. The molecule has 1 heterocycles. The van der Waals surface area contributed by atoms with Crippen molar-refractivity contribution in [2.75, 3.05) is 40.4 Å². The molecule has 1 aliphatic heterocycles. The lowest BCUT2D eigenvalue weighted by atomic mass is 9.96. The van der Waals surface area contributed by atoms with Crippen LogP contribution in [0, 0.1) is 0 Å². The van der Waals surface area contributed by atoms with Crippen molar-refractivity contribution in [1.29, 1.82) is 0 Å². The fourth-order valence-corrected chi connectivity index (χ4v) is 2.99. The van der Waals surface area contributed by atoms with Gasteiger partial charge in [-0.3, -0.25) is 4.79 Å². The van der Waals surface area contributed by atoms with E-state index in [1.165, 1.54) is 19.3 Å². The first-order valence-electron chi connectivity index (χ1n) is 9.01. The van der Waals surface area contributed by atoms with Crippen LogP contribution in [0.4, 0.5) is 0 Å². The first-order valence-corrected chi connectivity index (χ1v) is 9.01. The van der Waals surface area contributed by atoms with Crippen molar-refractivity contribution in [3.63, 3.8) is 0 Å². The van der Waals surface area contributed by atoms with Crippen molar-refractivity contribution >= 4 is 35.8 Å². The smallest absolute Gasteiger partial charge is 0.243 e. The SMILES string of the molecule is CN(C)C(=O)CN=C(NCCC1(C)OCCO1)NC1CCCCC1.I. The number of guanidine groups is 1. The molecule has 0 bridgehead atoms. The van der Waals surface area contributed by atoms with E-state index in [1.54, 1.807) is 19.0 Å². The Kier molecular flexibility index (Phi) is 10.0. The predicted octanol–water partition coefficient (Wildman–Crippen LogP) is 1.71. The van der Waals surface area contributed by atoms with E-state index >= 15 is 0 Å². The Morgan fingerprint density at radius 3 is 2.44 bits per heavy atom. The number of likely N-dealkylation sites (N-methyl/N-ethyl adjacent to an activating group) is 1. The largest absolute Gasteiger partial charge is 0.356 e. The van der Waals surface area contributed by atoms with Crippen LogP contribution in [0.1, 0.15) is 45.4 Å². The Bertz CT molecular complexity index is 434. The minimum absolute atomic E-state index is 0. The van der Waals surface area contributed by atoms with Crippen molar-refractivity contribution in [2.45, 2.75) is 57.3 Å². The van der Waals surface area contributed by atoms with Crippen LogP contribution in [0.2, 0.25) is 0 Å². The average molecular weight is 468 g/mol. The van der Waals surface area contributed by atoms with Gasteiger partial charge in [0, 0.05) is 33.1 Å². The first-order chi connectivity index (χ1) is 11.5. The Hall–Kier alpha value is -0.610. The van der Waals surface area contributed by atoms with Crippen LogP contribution in [-0.4, -0.2) is 69.0 Å². The molecule has 1 saturated heterocycles. The summed E-state index contributed by atoms with van der Waals surface area (Å²) in [6.07, 6.45) is 6.87. The lowest BCUT2D eigenvalue weighted by molar-refractivity contribution is -0.145. The fraction of sp³-hybridized carbons (Fsp3) is 0.882. The molecule has 1 amide bonds. The standard InChI is InChI=1S/C17H32N4O3.HI/c1-17(23-11-12-24-17)9-10-18-16(19-13-15(22)21(2)3)20-14-7-5-4-6-8-14;/h14H,4-13H2,1-3H3,(H2,18,19,20);1H. The number of amides is 1. The van der Waals surface area contributed by atoms with Gasteiger partial charge in [0.2, 0.25) is 5.91 Å². The summed E-state index contributed by atoms with van der Waals surface area (Å²) < 4.78 is 11.2.